The third kappa shape index (κ3) is 3.33. The summed E-state index contributed by atoms with van der Waals surface area (Å²) in [6, 6.07) is 8.97. The number of pyridine rings is 1. The Hall–Kier alpha value is -2.60. The van der Waals surface area contributed by atoms with Crippen LogP contribution in [0.3, 0.4) is 0 Å². The molecule has 1 aromatic carbocycles. The highest BCUT2D eigenvalue weighted by Crippen LogP contribution is 2.35. The van der Waals surface area contributed by atoms with E-state index in [9.17, 15) is 4.79 Å². The quantitative estimate of drug-likeness (QED) is 0.648. The summed E-state index contributed by atoms with van der Waals surface area (Å²) < 4.78 is 2.09. The van der Waals surface area contributed by atoms with Crippen molar-refractivity contribution in [2.75, 3.05) is 11.9 Å². The van der Waals surface area contributed by atoms with E-state index in [1.54, 1.807) is 6.20 Å². The number of hydrogen-bond acceptors (Lipinski definition) is 4. The Morgan fingerprint density at radius 1 is 1.03 bits per heavy atom. The zero-order valence-electron chi connectivity index (χ0n) is 17.4. The van der Waals surface area contributed by atoms with Crippen LogP contribution in [0.1, 0.15) is 62.1 Å². The number of nitrogens with zero attached hydrogens (tertiary/aromatic N) is 3. The second-order valence-corrected chi connectivity index (χ2v) is 9.37. The lowest BCUT2D eigenvalue weighted by Crippen LogP contribution is -2.18. The van der Waals surface area contributed by atoms with Crippen LogP contribution in [0.25, 0.3) is 10.9 Å². The van der Waals surface area contributed by atoms with Gasteiger partial charge in [0.05, 0.1) is 11.6 Å². The minimum absolute atomic E-state index is 0.0752. The molecule has 3 heterocycles. The van der Waals surface area contributed by atoms with Crippen molar-refractivity contribution in [2.24, 2.45) is 5.92 Å². The Kier molecular flexibility index (Phi) is 4.41. The molecule has 2 aliphatic carbocycles. The van der Waals surface area contributed by atoms with Crippen LogP contribution in [-0.2, 0) is 13.1 Å². The van der Waals surface area contributed by atoms with Crippen molar-refractivity contribution in [1.82, 2.24) is 19.7 Å². The SMILES string of the molecule is O=c1[nH]ccc2c1c(Nc1ccc3c(c1)CN(CC1CC1)C3)nn2C1CCCCC1. The van der Waals surface area contributed by atoms with E-state index in [2.05, 4.69) is 38.1 Å². The Balaban J connectivity index is 1.31. The average Bonchev–Trinajstić information content (AvgIpc) is 3.36. The third-order valence-corrected chi connectivity index (χ3v) is 7.02. The summed E-state index contributed by atoms with van der Waals surface area (Å²) in [6.45, 7) is 3.31. The fourth-order valence-corrected chi connectivity index (χ4v) is 5.27. The van der Waals surface area contributed by atoms with Gasteiger partial charge >= 0.3 is 0 Å². The number of aromatic nitrogens is 3. The predicted octanol–water partition coefficient (Wildman–Crippen LogP) is 4.70. The van der Waals surface area contributed by atoms with E-state index in [-0.39, 0.29) is 5.56 Å². The van der Waals surface area contributed by atoms with Crippen LogP contribution in [0, 0.1) is 5.92 Å². The van der Waals surface area contributed by atoms with Gasteiger partial charge in [-0.25, -0.2) is 0 Å². The van der Waals surface area contributed by atoms with E-state index in [1.165, 1.54) is 49.8 Å². The second kappa shape index (κ2) is 7.27. The monoisotopic (exact) mass is 403 g/mol. The molecular weight excluding hydrogens is 374 g/mol. The largest absolute Gasteiger partial charge is 0.338 e. The normalized spacial score (nSPS) is 20.0. The molecule has 156 valence electrons. The van der Waals surface area contributed by atoms with E-state index < -0.39 is 0 Å². The summed E-state index contributed by atoms with van der Waals surface area (Å²) in [7, 11) is 0. The van der Waals surface area contributed by atoms with Crippen LogP contribution in [0.5, 0.6) is 0 Å². The molecule has 30 heavy (non-hydrogen) atoms. The molecule has 3 aromatic rings. The zero-order valence-corrected chi connectivity index (χ0v) is 17.4. The molecule has 2 saturated carbocycles. The van der Waals surface area contributed by atoms with Gasteiger partial charge < -0.3 is 10.3 Å². The molecule has 2 aromatic heterocycles. The summed E-state index contributed by atoms with van der Waals surface area (Å²) in [4.78, 5) is 18.1. The maximum atomic E-state index is 12.7. The van der Waals surface area contributed by atoms with Gasteiger partial charge in [0.2, 0.25) is 0 Å². The first-order valence-corrected chi connectivity index (χ1v) is 11.5. The topological polar surface area (TPSA) is 66.0 Å². The first-order valence-electron chi connectivity index (χ1n) is 11.5. The molecule has 2 N–H and O–H groups in total. The van der Waals surface area contributed by atoms with E-state index >= 15 is 0 Å². The van der Waals surface area contributed by atoms with Crippen LogP contribution in [0.4, 0.5) is 11.5 Å². The van der Waals surface area contributed by atoms with Crippen molar-refractivity contribution in [3.8, 4) is 0 Å². The number of rotatable bonds is 5. The highest BCUT2D eigenvalue weighted by Gasteiger charge is 2.28. The van der Waals surface area contributed by atoms with Crippen molar-refractivity contribution in [3.63, 3.8) is 0 Å². The first kappa shape index (κ1) is 18.2. The van der Waals surface area contributed by atoms with Gasteiger partial charge in [-0.1, -0.05) is 25.3 Å². The average molecular weight is 404 g/mol. The Morgan fingerprint density at radius 3 is 2.70 bits per heavy atom. The summed E-state index contributed by atoms with van der Waals surface area (Å²) in [5, 5.41) is 9.04. The molecule has 3 aliphatic rings. The number of fused-ring (bicyclic) bond motifs is 2. The maximum Gasteiger partial charge on any atom is 0.261 e. The van der Waals surface area contributed by atoms with Gasteiger partial charge in [-0.05, 0) is 60.9 Å². The lowest BCUT2D eigenvalue weighted by Gasteiger charge is -2.22. The van der Waals surface area contributed by atoms with Gasteiger partial charge in [0.25, 0.3) is 5.56 Å². The summed E-state index contributed by atoms with van der Waals surface area (Å²) in [6.07, 6.45) is 10.6. The first-order chi connectivity index (χ1) is 14.7. The molecule has 6 nitrogen and oxygen atoms in total. The Labute approximate surface area is 176 Å². The third-order valence-electron chi connectivity index (χ3n) is 7.02. The van der Waals surface area contributed by atoms with E-state index in [1.807, 2.05) is 6.07 Å². The van der Waals surface area contributed by atoms with Crippen LogP contribution >= 0.6 is 0 Å². The lowest BCUT2D eigenvalue weighted by molar-refractivity contribution is 0.272. The smallest absolute Gasteiger partial charge is 0.261 e. The van der Waals surface area contributed by atoms with Crippen molar-refractivity contribution in [1.29, 1.82) is 0 Å². The minimum atomic E-state index is -0.0752. The maximum absolute atomic E-state index is 12.7. The van der Waals surface area contributed by atoms with E-state index in [4.69, 9.17) is 5.10 Å². The molecule has 1 aliphatic heterocycles. The molecular formula is C24H29N5O. The number of nitrogens with one attached hydrogen (secondary N) is 2. The number of hydrogen-bond donors (Lipinski definition) is 2. The molecule has 0 spiro atoms. The summed E-state index contributed by atoms with van der Waals surface area (Å²) in [5.41, 5.74) is 4.70. The van der Waals surface area contributed by atoms with Crippen LogP contribution in [0.2, 0.25) is 0 Å². The Morgan fingerprint density at radius 2 is 1.87 bits per heavy atom. The number of H-pyrrole nitrogens is 1. The molecule has 0 unspecified atom stereocenters. The fourth-order valence-electron chi connectivity index (χ4n) is 5.27. The van der Waals surface area contributed by atoms with Crippen LogP contribution in [0.15, 0.2) is 35.3 Å². The van der Waals surface area contributed by atoms with Gasteiger partial charge in [-0.15, -0.1) is 0 Å². The van der Waals surface area contributed by atoms with Gasteiger partial charge in [0.1, 0.15) is 5.39 Å². The fraction of sp³-hybridized carbons (Fsp3) is 0.500. The molecule has 0 radical (unpaired) electrons. The molecule has 6 heteroatoms. The lowest BCUT2D eigenvalue weighted by atomic mass is 9.95. The van der Waals surface area contributed by atoms with Gasteiger partial charge in [0, 0.05) is 31.5 Å². The predicted molar refractivity (Wildman–Crippen MR) is 119 cm³/mol. The highest BCUT2D eigenvalue weighted by atomic mass is 16.1. The van der Waals surface area contributed by atoms with Crippen molar-refractivity contribution >= 4 is 22.4 Å². The summed E-state index contributed by atoms with van der Waals surface area (Å²) in [5.74, 6) is 1.59. The molecule has 0 saturated heterocycles. The summed E-state index contributed by atoms with van der Waals surface area (Å²) >= 11 is 0. The number of benzene rings is 1. The zero-order chi connectivity index (χ0) is 20.1. The van der Waals surface area contributed by atoms with Gasteiger partial charge in [0.15, 0.2) is 5.82 Å². The minimum Gasteiger partial charge on any atom is -0.338 e. The van der Waals surface area contributed by atoms with Crippen molar-refractivity contribution in [3.05, 3.63) is 51.9 Å². The van der Waals surface area contributed by atoms with Crippen LogP contribution in [-0.4, -0.2) is 26.2 Å². The second-order valence-electron chi connectivity index (χ2n) is 9.37. The molecule has 0 atom stereocenters. The van der Waals surface area contributed by atoms with Gasteiger partial charge in [-0.3, -0.25) is 14.4 Å². The molecule has 6 rings (SSSR count). The Bertz CT molecular complexity index is 1140. The van der Waals surface area contributed by atoms with E-state index in [0.717, 1.165) is 43.1 Å². The molecule has 0 amide bonds. The standard InChI is InChI=1S/C24H29N5O/c30-24-22-21(10-11-25-24)29(20-4-2-1-3-5-20)27-23(22)26-19-9-8-17-14-28(13-16-6-7-16)15-18(17)12-19/h8-12,16,20H,1-7,13-15H2,(H,25,30)(H,26,27). The molecule has 0 bridgehead atoms. The molecule has 2 fully saturated rings. The van der Waals surface area contributed by atoms with Gasteiger partial charge in [-0.2, -0.15) is 5.10 Å². The van der Waals surface area contributed by atoms with Crippen LogP contribution < -0.4 is 10.9 Å². The number of anilines is 2. The van der Waals surface area contributed by atoms with E-state index in [0.29, 0.717) is 17.2 Å². The van der Waals surface area contributed by atoms with Crippen molar-refractivity contribution in [2.45, 2.75) is 64.1 Å². The number of aromatic amines is 1. The highest BCUT2D eigenvalue weighted by molar-refractivity contribution is 5.91. The van der Waals surface area contributed by atoms with Crippen molar-refractivity contribution < 1.29 is 0 Å².